The summed E-state index contributed by atoms with van der Waals surface area (Å²) >= 11 is 0. The molecular formula is C18H23N3O4. The van der Waals surface area contributed by atoms with Crippen LogP contribution < -0.4 is 10.1 Å². The summed E-state index contributed by atoms with van der Waals surface area (Å²) in [5.41, 5.74) is 0.251. The van der Waals surface area contributed by atoms with Gasteiger partial charge < -0.3 is 24.6 Å². The number of rotatable bonds is 7. The van der Waals surface area contributed by atoms with Gasteiger partial charge in [0.2, 0.25) is 0 Å². The smallest absolute Gasteiger partial charge is 0.273 e. The van der Waals surface area contributed by atoms with E-state index in [-0.39, 0.29) is 24.3 Å². The molecule has 3 rings (SSSR count). The molecule has 7 nitrogen and oxygen atoms in total. The number of para-hydroxylation sites is 1. The molecule has 1 amide bonds. The predicted octanol–water partition coefficient (Wildman–Crippen LogP) is 1.44. The molecular weight excluding hydrogens is 322 g/mol. The highest BCUT2D eigenvalue weighted by molar-refractivity contribution is 5.92. The van der Waals surface area contributed by atoms with Gasteiger partial charge in [-0.15, -0.1) is 0 Å². The molecule has 1 aromatic carbocycles. The van der Waals surface area contributed by atoms with Crippen molar-refractivity contribution in [2.24, 2.45) is 0 Å². The summed E-state index contributed by atoms with van der Waals surface area (Å²) in [5.74, 6) is 0.974. The first-order valence-electron chi connectivity index (χ1n) is 8.53. The number of hydrogen-bond acceptors (Lipinski definition) is 6. The number of benzene rings is 1. The van der Waals surface area contributed by atoms with Crippen LogP contribution in [0.2, 0.25) is 0 Å². The van der Waals surface area contributed by atoms with Crippen LogP contribution in [0.1, 0.15) is 29.1 Å². The average molecular weight is 345 g/mol. The minimum Gasteiger partial charge on any atom is -0.486 e. The highest BCUT2D eigenvalue weighted by Gasteiger charge is 2.17. The van der Waals surface area contributed by atoms with Gasteiger partial charge in [-0.2, -0.15) is 0 Å². The maximum atomic E-state index is 12.1. The van der Waals surface area contributed by atoms with E-state index < -0.39 is 0 Å². The van der Waals surface area contributed by atoms with Crippen LogP contribution in [0.25, 0.3) is 0 Å². The molecule has 0 atom stereocenters. The normalized spacial score (nSPS) is 15.9. The van der Waals surface area contributed by atoms with Gasteiger partial charge in [0, 0.05) is 32.2 Å². The third-order valence-corrected chi connectivity index (χ3v) is 4.19. The van der Waals surface area contributed by atoms with Gasteiger partial charge in [0.15, 0.2) is 11.5 Å². The van der Waals surface area contributed by atoms with Gasteiger partial charge in [-0.3, -0.25) is 4.79 Å². The molecule has 0 bridgehead atoms. The molecule has 0 aliphatic carbocycles. The van der Waals surface area contributed by atoms with E-state index in [1.54, 1.807) is 6.07 Å². The summed E-state index contributed by atoms with van der Waals surface area (Å²) in [6, 6.07) is 11.0. The molecule has 2 aromatic rings. The van der Waals surface area contributed by atoms with Crippen LogP contribution in [0, 0.1) is 0 Å². The van der Waals surface area contributed by atoms with Crippen molar-refractivity contribution < 1.29 is 19.2 Å². The Bertz CT molecular complexity index is 666. The van der Waals surface area contributed by atoms with E-state index in [0.717, 1.165) is 38.2 Å². The Balaban J connectivity index is 1.40. The van der Waals surface area contributed by atoms with Gasteiger partial charge in [0.25, 0.3) is 5.91 Å². The van der Waals surface area contributed by atoms with Crippen molar-refractivity contribution in [2.45, 2.75) is 25.6 Å². The van der Waals surface area contributed by atoms with Crippen LogP contribution in [-0.2, 0) is 6.61 Å². The van der Waals surface area contributed by atoms with Crippen molar-refractivity contribution in [3.63, 3.8) is 0 Å². The van der Waals surface area contributed by atoms with Gasteiger partial charge in [0.1, 0.15) is 12.4 Å². The highest BCUT2D eigenvalue weighted by Crippen LogP contribution is 2.12. The first-order chi connectivity index (χ1) is 12.2. The van der Waals surface area contributed by atoms with E-state index in [9.17, 15) is 9.90 Å². The van der Waals surface area contributed by atoms with Crippen LogP contribution in [0.15, 0.2) is 40.9 Å². The molecule has 0 unspecified atom stereocenters. The molecule has 0 saturated carbocycles. The topological polar surface area (TPSA) is 87.8 Å². The fourth-order valence-corrected chi connectivity index (χ4v) is 2.72. The Morgan fingerprint density at radius 2 is 2.08 bits per heavy atom. The van der Waals surface area contributed by atoms with E-state index in [2.05, 4.69) is 15.4 Å². The van der Waals surface area contributed by atoms with E-state index in [1.807, 2.05) is 30.3 Å². The maximum Gasteiger partial charge on any atom is 0.273 e. The van der Waals surface area contributed by atoms with Gasteiger partial charge in [0.05, 0.1) is 6.10 Å². The number of carbonyl (C=O) groups is 1. The van der Waals surface area contributed by atoms with Gasteiger partial charge in [-0.05, 0) is 25.0 Å². The van der Waals surface area contributed by atoms with Gasteiger partial charge in [-0.1, -0.05) is 23.4 Å². The standard InChI is InChI=1S/C18H23N3O4/c22-14-6-9-21(10-7-14)11-8-19-18(23)17-12-16(25-20-17)13-24-15-4-2-1-3-5-15/h1-5,12,14,22H,6-11,13H2,(H,19,23). The van der Waals surface area contributed by atoms with E-state index >= 15 is 0 Å². The largest absolute Gasteiger partial charge is 0.486 e. The van der Waals surface area contributed by atoms with Crippen molar-refractivity contribution in [1.29, 1.82) is 0 Å². The van der Waals surface area contributed by atoms with Crippen LogP contribution >= 0.6 is 0 Å². The fourth-order valence-electron chi connectivity index (χ4n) is 2.72. The first-order valence-corrected chi connectivity index (χ1v) is 8.53. The summed E-state index contributed by atoms with van der Waals surface area (Å²) in [5, 5.41) is 16.1. The number of aromatic nitrogens is 1. The molecule has 2 N–H and O–H groups in total. The molecule has 1 fully saturated rings. The number of piperidine rings is 1. The number of nitrogens with one attached hydrogen (secondary N) is 1. The molecule has 134 valence electrons. The summed E-state index contributed by atoms with van der Waals surface area (Å²) in [6.45, 7) is 3.25. The number of carbonyl (C=O) groups excluding carboxylic acids is 1. The van der Waals surface area contributed by atoms with Crippen LogP contribution in [-0.4, -0.2) is 53.4 Å². The lowest BCUT2D eigenvalue weighted by Gasteiger charge is -2.29. The minimum atomic E-state index is -0.258. The zero-order valence-corrected chi connectivity index (χ0v) is 14.1. The molecule has 0 spiro atoms. The number of likely N-dealkylation sites (tertiary alicyclic amines) is 1. The Morgan fingerprint density at radius 3 is 2.84 bits per heavy atom. The average Bonchev–Trinajstić information content (AvgIpc) is 3.12. The van der Waals surface area contributed by atoms with Crippen molar-refractivity contribution >= 4 is 5.91 Å². The van der Waals surface area contributed by atoms with Gasteiger partial charge in [-0.25, -0.2) is 0 Å². The fraction of sp³-hybridized carbons (Fsp3) is 0.444. The van der Waals surface area contributed by atoms with E-state index in [4.69, 9.17) is 9.26 Å². The Hall–Kier alpha value is -2.38. The minimum absolute atomic E-state index is 0.183. The maximum absolute atomic E-state index is 12.1. The second-order valence-corrected chi connectivity index (χ2v) is 6.11. The Kier molecular flexibility index (Phi) is 6.03. The van der Waals surface area contributed by atoms with Crippen LogP contribution in [0.3, 0.4) is 0 Å². The lowest BCUT2D eigenvalue weighted by Crippen LogP contribution is -2.40. The zero-order valence-electron chi connectivity index (χ0n) is 14.1. The third-order valence-electron chi connectivity index (χ3n) is 4.19. The summed E-state index contributed by atoms with van der Waals surface area (Å²) in [6.07, 6.45) is 1.40. The summed E-state index contributed by atoms with van der Waals surface area (Å²) in [4.78, 5) is 14.3. The molecule has 1 aliphatic rings. The molecule has 1 aromatic heterocycles. The Morgan fingerprint density at radius 1 is 1.32 bits per heavy atom. The number of amides is 1. The number of aliphatic hydroxyl groups excluding tert-OH is 1. The lowest BCUT2D eigenvalue weighted by atomic mass is 10.1. The van der Waals surface area contributed by atoms with E-state index in [1.165, 1.54) is 0 Å². The molecule has 1 aliphatic heterocycles. The second kappa shape index (κ2) is 8.64. The highest BCUT2D eigenvalue weighted by atomic mass is 16.5. The molecule has 0 radical (unpaired) electrons. The SMILES string of the molecule is O=C(NCCN1CCC(O)CC1)c1cc(COc2ccccc2)on1. The molecule has 25 heavy (non-hydrogen) atoms. The number of aliphatic hydroxyl groups is 1. The lowest BCUT2D eigenvalue weighted by molar-refractivity contribution is 0.0802. The zero-order chi connectivity index (χ0) is 17.5. The van der Waals surface area contributed by atoms with Crippen LogP contribution in [0.4, 0.5) is 0 Å². The monoisotopic (exact) mass is 345 g/mol. The van der Waals surface area contributed by atoms with E-state index in [0.29, 0.717) is 12.3 Å². The number of hydrogen-bond donors (Lipinski definition) is 2. The van der Waals surface area contributed by atoms with Crippen molar-refractivity contribution in [3.05, 3.63) is 47.9 Å². The quantitative estimate of drug-likeness (QED) is 0.789. The molecule has 1 saturated heterocycles. The van der Waals surface area contributed by atoms with Crippen LogP contribution in [0.5, 0.6) is 5.75 Å². The summed E-state index contributed by atoms with van der Waals surface area (Å²) < 4.78 is 10.7. The van der Waals surface area contributed by atoms with Crippen molar-refractivity contribution in [3.8, 4) is 5.75 Å². The number of nitrogens with zero attached hydrogens (tertiary/aromatic N) is 2. The molecule has 2 heterocycles. The van der Waals surface area contributed by atoms with Gasteiger partial charge >= 0.3 is 0 Å². The first kappa shape index (κ1) is 17.4. The summed E-state index contributed by atoms with van der Waals surface area (Å²) in [7, 11) is 0. The second-order valence-electron chi connectivity index (χ2n) is 6.11. The van der Waals surface area contributed by atoms with Crippen molar-refractivity contribution in [1.82, 2.24) is 15.4 Å². The Labute approximate surface area is 146 Å². The van der Waals surface area contributed by atoms with Crippen molar-refractivity contribution in [2.75, 3.05) is 26.2 Å². The number of ether oxygens (including phenoxy) is 1. The third kappa shape index (κ3) is 5.30. The predicted molar refractivity (Wildman–Crippen MR) is 91.3 cm³/mol. The molecule has 7 heteroatoms.